The predicted molar refractivity (Wildman–Crippen MR) is 130 cm³/mol. The average Bonchev–Trinajstić information content (AvgIpc) is 3.24. The molecule has 0 aliphatic carbocycles. The first kappa shape index (κ1) is 23.4. The van der Waals surface area contributed by atoms with Crippen LogP contribution in [-0.2, 0) is 14.8 Å². The third-order valence-electron chi connectivity index (χ3n) is 5.32. The summed E-state index contributed by atoms with van der Waals surface area (Å²) >= 11 is 0. The lowest BCUT2D eigenvalue weighted by Crippen LogP contribution is -2.47. The number of para-hydroxylation sites is 1. The molecule has 0 fully saturated rings. The summed E-state index contributed by atoms with van der Waals surface area (Å²) in [7, 11) is -4.11. The third-order valence-corrected chi connectivity index (χ3v) is 6.78. The largest absolute Gasteiger partial charge is 0.480 e. The molecular formula is C26H23NO6S. The average molecular weight is 478 g/mol. The van der Waals surface area contributed by atoms with E-state index >= 15 is 0 Å². The molecule has 0 bridgehead atoms. The summed E-state index contributed by atoms with van der Waals surface area (Å²) in [6.07, 6.45) is 2.47. The maximum Gasteiger partial charge on any atom is 0.324 e. The van der Waals surface area contributed by atoms with Crippen LogP contribution in [0, 0.1) is 0 Å². The highest BCUT2D eigenvalue weighted by Gasteiger charge is 2.29. The molecule has 0 radical (unpaired) electrons. The van der Waals surface area contributed by atoms with E-state index in [-0.39, 0.29) is 4.90 Å². The molecule has 1 heterocycles. The second-order valence-corrected chi connectivity index (χ2v) is 9.56. The first-order valence-electron chi connectivity index (χ1n) is 10.5. The molecule has 3 aromatic carbocycles. The van der Waals surface area contributed by atoms with Crippen molar-refractivity contribution in [3.05, 3.63) is 90.2 Å². The number of aliphatic hydroxyl groups is 1. The van der Waals surface area contributed by atoms with Crippen molar-refractivity contribution in [2.24, 2.45) is 0 Å². The topological polar surface area (TPSA) is 117 Å². The Bertz CT molecular complexity index is 1400. The van der Waals surface area contributed by atoms with Gasteiger partial charge in [0.25, 0.3) is 0 Å². The Hall–Kier alpha value is -3.72. The minimum atomic E-state index is -4.11. The van der Waals surface area contributed by atoms with Gasteiger partial charge in [-0.05, 0) is 54.0 Å². The van der Waals surface area contributed by atoms with Crippen molar-refractivity contribution in [2.45, 2.75) is 24.0 Å². The van der Waals surface area contributed by atoms with Crippen LogP contribution < -0.4 is 4.72 Å². The maximum absolute atomic E-state index is 12.5. The Balaban J connectivity index is 1.47. The van der Waals surface area contributed by atoms with E-state index in [1.807, 2.05) is 71.5 Å². The Morgan fingerprint density at radius 3 is 2.15 bits per heavy atom. The SMILES string of the molecule is CC(O)[C@@H](NS(=O)(=O)c1ccc(-c2ccc(C=Cc3cc4ccccc4o3)cc2)cc1)C(=O)O. The van der Waals surface area contributed by atoms with Gasteiger partial charge < -0.3 is 14.6 Å². The summed E-state index contributed by atoms with van der Waals surface area (Å²) in [6, 6.07) is 22.0. The molecule has 0 spiro atoms. The van der Waals surface area contributed by atoms with Crippen molar-refractivity contribution < 1.29 is 27.8 Å². The lowest BCUT2D eigenvalue weighted by atomic mass is 10.0. The number of sulfonamides is 1. The second-order valence-electron chi connectivity index (χ2n) is 7.84. The van der Waals surface area contributed by atoms with E-state index in [0.717, 1.165) is 33.4 Å². The smallest absolute Gasteiger partial charge is 0.324 e. The number of carboxylic acids is 1. The van der Waals surface area contributed by atoms with Crippen molar-refractivity contribution in [3.8, 4) is 11.1 Å². The number of aliphatic hydroxyl groups excluding tert-OH is 1. The van der Waals surface area contributed by atoms with Gasteiger partial charge in [-0.2, -0.15) is 4.72 Å². The van der Waals surface area contributed by atoms with Gasteiger partial charge in [0.2, 0.25) is 10.0 Å². The molecule has 0 amide bonds. The van der Waals surface area contributed by atoms with Crippen LogP contribution in [0.15, 0.2) is 88.2 Å². The first-order valence-corrected chi connectivity index (χ1v) is 12.0. The summed E-state index contributed by atoms with van der Waals surface area (Å²) in [5.41, 5.74) is 3.51. The van der Waals surface area contributed by atoms with Crippen LogP contribution in [0.1, 0.15) is 18.2 Å². The van der Waals surface area contributed by atoms with Gasteiger partial charge in [0.1, 0.15) is 17.4 Å². The normalized spacial score (nSPS) is 13.8. The molecule has 8 heteroatoms. The number of rotatable bonds is 8. The highest BCUT2D eigenvalue weighted by Crippen LogP contribution is 2.24. The van der Waals surface area contributed by atoms with Gasteiger partial charge in [-0.25, -0.2) is 8.42 Å². The van der Waals surface area contributed by atoms with Gasteiger partial charge in [0.15, 0.2) is 0 Å². The Morgan fingerprint density at radius 1 is 0.941 bits per heavy atom. The molecule has 0 saturated carbocycles. The Morgan fingerprint density at radius 2 is 1.56 bits per heavy atom. The van der Waals surface area contributed by atoms with E-state index < -0.39 is 28.1 Å². The fourth-order valence-corrected chi connectivity index (χ4v) is 4.73. The number of carboxylic acid groups (broad SMARTS) is 1. The third kappa shape index (κ3) is 5.26. The molecule has 0 aliphatic heterocycles. The minimum Gasteiger partial charge on any atom is -0.480 e. The van der Waals surface area contributed by atoms with E-state index in [1.165, 1.54) is 19.1 Å². The highest BCUT2D eigenvalue weighted by atomic mass is 32.2. The number of furan rings is 1. The highest BCUT2D eigenvalue weighted by molar-refractivity contribution is 7.89. The van der Waals surface area contributed by atoms with Crippen molar-refractivity contribution >= 4 is 39.1 Å². The molecule has 1 unspecified atom stereocenters. The number of fused-ring (bicyclic) bond motifs is 1. The molecule has 0 aliphatic rings. The van der Waals surface area contributed by atoms with E-state index in [2.05, 4.69) is 0 Å². The van der Waals surface area contributed by atoms with E-state index in [0.29, 0.717) is 0 Å². The van der Waals surface area contributed by atoms with Crippen molar-refractivity contribution in [2.75, 3.05) is 0 Å². The van der Waals surface area contributed by atoms with Crippen LogP contribution in [0.5, 0.6) is 0 Å². The van der Waals surface area contributed by atoms with Crippen LogP contribution >= 0.6 is 0 Å². The number of nitrogens with one attached hydrogen (secondary N) is 1. The number of hydrogen-bond acceptors (Lipinski definition) is 5. The van der Waals surface area contributed by atoms with Gasteiger partial charge in [-0.15, -0.1) is 0 Å². The zero-order valence-electron chi connectivity index (χ0n) is 18.3. The van der Waals surface area contributed by atoms with E-state index in [1.54, 1.807) is 12.1 Å². The molecule has 1 aromatic heterocycles. The van der Waals surface area contributed by atoms with E-state index in [9.17, 15) is 18.3 Å². The standard InChI is InChI=1S/C26H23NO6S/c1-17(28)25(26(29)30)27-34(31,32)23-14-11-20(12-15-23)19-9-6-18(7-10-19)8-13-22-16-21-4-2-3-5-24(21)33-22/h2-17,25,27-28H,1H3,(H,29,30)/t17?,25-/m1/s1. The van der Waals surface area contributed by atoms with Crippen LogP contribution in [0.2, 0.25) is 0 Å². The summed E-state index contributed by atoms with van der Waals surface area (Å²) in [4.78, 5) is 11.1. The lowest BCUT2D eigenvalue weighted by Gasteiger charge is -2.17. The first-order chi connectivity index (χ1) is 16.2. The molecule has 0 saturated heterocycles. The van der Waals surface area contributed by atoms with Crippen LogP contribution in [0.25, 0.3) is 34.2 Å². The van der Waals surface area contributed by atoms with Crippen molar-refractivity contribution in [3.63, 3.8) is 0 Å². The Kier molecular flexibility index (Phi) is 6.65. The minimum absolute atomic E-state index is 0.0893. The van der Waals surface area contributed by atoms with Gasteiger partial charge in [0, 0.05) is 5.39 Å². The van der Waals surface area contributed by atoms with E-state index in [4.69, 9.17) is 9.52 Å². The number of carbonyl (C=O) groups is 1. The molecule has 4 aromatic rings. The molecule has 174 valence electrons. The zero-order valence-corrected chi connectivity index (χ0v) is 19.1. The quantitative estimate of drug-likeness (QED) is 0.347. The van der Waals surface area contributed by atoms with Crippen LogP contribution in [0.3, 0.4) is 0 Å². The predicted octanol–water partition coefficient (Wildman–Crippen LogP) is 4.38. The van der Waals surface area contributed by atoms with Gasteiger partial charge in [0.05, 0.1) is 11.0 Å². The fourth-order valence-electron chi connectivity index (χ4n) is 3.47. The van der Waals surface area contributed by atoms with Crippen molar-refractivity contribution in [1.29, 1.82) is 0 Å². The van der Waals surface area contributed by atoms with Gasteiger partial charge in [-0.1, -0.05) is 60.7 Å². The summed E-state index contributed by atoms with van der Waals surface area (Å²) < 4.78 is 32.8. The van der Waals surface area contributed by atoms with Crippen molar-refractivity contribution in [1.82, 2.24) is 4.72 Å². The second kappa shape index (κ2) is 9.64. The molecule has 34 heavy (non-hydrogen) atoms. The lowest BCUT2D eigenvalue weighted by molar-refractivity contribution is -0.141. The van der Waals surface area contributed by atoms with Crippen LogP contribution in [0.4, 0.5) is 0 Å². The summed E-state index contributed by atoms with van der Waals surface area (Å²) in [5.74, 6) is -0.693. The molecule has 7 nitrogen and oxygen atoms in total. The molecule has 4 rings (SSSR count). The van der Waals surface area contributed by atoms with Gasteiger partial charge in [-0.3, -0.25) is 4.79 Å². The number of benzene rings is 3. The fraction of sp³-hybridized carbons (Fsp3) is 0.115. The summed E-state index contributed by atoms with van der Waals surface area (Å²) in [5, 5.41) is 19.7. The number of hydrogen-bond donors (Lipinski definition) is 3. The Labute approximate surface area is 197 Å². The molecule has 2 atom stereocenters. The van der Waals surface area contributed by atoms with Crippen LogP contribution in [-0.4, -0.2) is 36.7 Å². The molecular weight excluding hydrogens is 454 g/mol. The summed E-state index contributed by atoms with van der Waals surface area (Å²) in [6.45, 7) is 1.21. The number of aliphatic carboxylic acids is 1. The van der Waals surface area contributed by atoms with Gasteiger partial charge >= 0.3 is 5.97 Å². The maximum atomic E-state index is 12.5. The zero-order chi connectivity index (χ0) is 24.3. The monoisotopic (exact) mass is 477 g/mol. The molecule has 3 N–H and O–H groups in total.